The van der Waals surface area contributed by atoms with Gasteiger partial charge in [-0.2, -0.15) is 0 Å². The molecule has 4 nitrogen and oxygen atoms in total. The van der Waals surface area contributed by atoms with Crippen molar-refractivity contribution < 1.29 is 13.6 Å². The molecule has 0 bridgehead atoms. The Morgan fingerprint density at radius 3 is 2.29 bits per heavy atom. The number of nitrogens with two attached hydrogens (primary N) is 1. The summed E-state index contributed by atoms with van der Waals surface area (Å²) in [6, 6.07) is 7.41. The molecule has 0 aliphatic carbocycles. The quantitative estimate of drug-likeness (QED) is 0.601. The Labute approximate surface area is 120 Å². The molecule has 0 heterocycles. The third-order valence-electron chi connectivity index (χ3n) is 3.09. The van der Waals surface area contributed by atoms with Crippen molar-refractivity contribution in [3.8, 4) is 0 Å². The fourth-order valence-electron chi connectivity index (χ4n) is 1.91. The van der Waals surface area contributed by atoms with E-state index in [-0.39, 0.29) is 5.56 Å². The zero-order chi connectivity index (χ0) is 15.6. The molecule has 0 spiro atoms. The SMILES string of the molecule is Cc1ccc(C)c(NC(=O)c2cc(F)c(NN)c(F)c2)c1. The number of hydrazine groups is 1. The van der Waals surface area contributed by atoms with Crippen molar-refractivity contribution in [1.29, 1.82) is 0 Å². The van der Waals surface area contributed by atoms with Gasteiger partial charge >= 0.3 is 0 Å². The van der Waals surface area contributed by atoms with Crippen LogP contribution in [-0.4, -0.2) is 5.91 Å². The normalized spacial score (nSPS) is 10.3. The van der Waals surface area contributed by atoms with Crippen LogP contribution in [0.15, 0.2) is 30.3 Å². The van der Waals surface area contributed by atoms with Crippen LogP contribution in [-0.2, 0) is 0 Å². The molecule has 0 aliphatic rings. The Kier molecular flexibility index (Phi) is 4.18. The Morgan fingerprint density at radius 2 is 1.71 bits per heavy atom. The monoisotopic (exact) mass is 291 g/mol. The minimum atomic E-state index is -0.927. The summed E-state index contributed by atoms with van der Waals surface area (Å²) in [5.74, 6) is 2.56. The average molecular weight is 291 g/mol. The average Bonchev–Trinajstić information content (AvgIpc) is 2.42. The Morgan fingerprint density at radius 1 is 1.10 bits per heavy atom. The van der Waals surface area contributed by atoms with Crippen molar-refractivity contribution in [1.82, 2.24) is 0 Å². The molecule has 4 N–H and O–H groups in total. The van der Waals surface area contributed by atoms with Gasteiger partial charge in [0.1, 0.15) is 5.69 Å². The molecule has 1 amide bonds. The van der Waals surface area contributed by atoms with Crippen molar-refractivity contribution in [2.45, 2.75) is 13.8 Å². The summed E-state index contributed by atoms with van der Waals surface area (Å²) in [5.41, 5.74) is 3.74. The molecular weight excluding hydrogens is 276 g/mol. The van der Waals surface area contributed by atoms with Crippen LogP contribution in [0.3, 0.4) is 0 Å². The summed E-state index contributed by atoms with van der Waals surface area (Å²) in [5, 5.41) is 2.64. The maximum atomic E-state index is 13.6. The highest BCUT2D eigenvalue weighted by molar-refractivity contribution is 6.04. The highest BCUT2D eigenvalue weighted by Gasteiger charge is 2.15. The van der Waals surface area contributed by atoms with Crippen LogP contribution >= 0.6 is 0 Å². The Hall–Kier alpha value is -2.47. The second-order valence-electron chi connectivity index (χ2n) is 4.73. The first kappa shape index (κ1) is 14.9. The first-order chi connectivity index (χ1) is 9.92. The smallest absolute Gasteiger partial charge is 0.255 e. The molecule has 0 saturated heterocycles. The maximum Gasteiger partial charge on any atom is 0.255 e. The predicted octanol–water partition coefficient (Wildman–Crippen LogP) is 3.12. The van der Waals surface area contributed by atoms with Gasteiger partial charge in [0, 0.05) is 11.3 Å². The van der Waals surface area contributed by atoms with Crippen LogP contribution in [0.1, 0.15) is 21.5 Å². The fourth-order valence-corrected chi connectivity index (χ4v) is 1.91. The van der Waals surface area contributed by atoms with Crippen LogP contribution in [0.4, 0.5) is 20.2 Å². The molecule has 0 aromatic heterocycles. The van der Waals surface area contributed by atoms with Crippen LogP contribution < -0.4 is 16.6 Å². The molecule has 21 heavy (non-hydrogen) atoms. The minimum absolute atomic E-state index is 0.120. The summed E-state index contributed by atoms with van der Waals surface area (Å²) >= 11 is 0. The van der Waals surface area contributed by atoms with Crippen molar-refractivity contribution in [3.63, 3.8) is 0 Å². The molecule has 0 saturated carbocycles. The van der Waals surface area contributed by atoms with Gasteiger partial charge in [-0.1, -0.05) is 12.1 Å². The first-order valence-electron chi connectivity index (χ1n) is 6.26. The van der Waals surface area contributed by atoms with E-state index in [2.05, 4.69) is 5.32 Å². The molecule has 0 radical (unpaired) electrons. The molecule has 6 heteroatoms. The Balaban J connectivity index is 2.31. The number of carbonyl (C=O) groups excluding carboxylic acids is 1. The van der Waals surface area contributed by atoms with E-state index >= 15 is 0 Å². The molecule has 0 unspecified atom stereocenters. The van der Waals surface area contributed by atoms with E-state index < -0.39 is 23.2 Å². The number of carbonyl (C=O) groups is 1. The molecular formula is C15H15F2N3O. The molecule has 2 rings (SSSR count). The van der Waals surface area contributed by atoms with Gasteiger partial charge in [-0.15, -0.1) is 0 Å². The minimum Gasteiger partial charge on any atom is -0.322 e. The van der Waals surface area contributed by atoms with E-state index in [0.29, 0.717) is 5.69 Å². The zero-order valence-corrected chi connectivity index (χ0v) is 11.6. The fraction of sp³-hybridized carbons (Fsp3) is 0.133. The van der Waals surface area contributed by atoms with Gasteiger partial charge < -0.3 is 10.7 Å². The number of amides is 1. The van der Waals surface area contributed by atoms with Gasteiger partial charge in [-0.05, 0) is 43.2 Å². The topological polar surface area (TPSA) is 67.2 Å². The number of nitrogen functional groups attached to an aromatic ring is 1. The zero-order valence-electron chi connectivity index (χ0n) is 11.6. The van der Waals surface area contributed by atoms with Gasteiger partial charge in [0.05, 0.1) is 0 Å². The number of rotatable bonds is 3. The van der Waals surface area contributed by atoms with Gasteiger partial charge in [0.15, 0.2) is 11.6 Å². The van der Waals surface area contributed by atoms with Crippen LogP contribution in [0, 0.1) is 25.5 Å². The summed E-state index contributed by atoms with van der Waals surface area (Å²) in [6.07, 6.45) is 0. The van der Waals surface area contributed by atoms with E-state index in [0.717, 1.165) is 23.3 Å². The molecule has 0 fully saturated rings. The van der Waals surface area contributed by atoms with Gasteiger partial charge in [-0.25, -0.2) is 8.78 Å². The highest BCUT2D eigenvalue weighted by Crippen LogP contribution is 2.22. The summed E-state index contributed by atoms with van der Waals surface area (Å²) < 4.78 is 27.2. The van der Waals surface area contributed by atoms with Crippen LogP contribution in [0.25, 0.3) is 0 Å². The maximum absolute atomic E-state index is 13.6. The summed E-state index contributed by atoms with van der Waals surface area (Å²) in [7, 11) is 0. The number of hydrogen-bond acceptors (Lipinski definition) is 3. The van der Waals surface area contributed by atoms with Gasteiger partial charge in [0.2, 0.25) is 0 Å². The second-order valence-corrected chi connectivity index (χ2v) is 4.73. The van der Waals surface area contributed by atoms with E-state index in [1.165, 1.54) is 0 Å². The number of hydrogen-bond donors (Lipinski definition) is 3. The number of benzene rings is 2. The molecule has 2 aromatic carbocycles. The van der Waals surface area contributed by atoms with Crippen molar-refractivity contribution in [3.05, 3.63) is 58.7 Å². The largest absolute Gasteiger partial charge is 0.322 e. The molecule has 2 aromatic rings. The second kappa shape index (κ2) is 5.88. The lowest BCUT2D eigenvalue weighted by molar-refractivity contribution is 0.102. The van der Waals surface area contributed by atoms with Crippen molar-refractivity contribution in [2.75, 3.05) is 10.7 Å². The lowest BCUT2D eigenvalue weighted by atomic mass is 10.1. The predicted molar refractivity (Wildman–Crippen MR) is 78.0 cm³/mol. The molecule has 0 aliphatic heterocycles. The molecule has 110 valence electrons. The van der Waals surface area contributed by atoms with E-state index in [1.54, 1.807) is 6.07 Å². The number of nitrogens with one attached hydrogen (secondary N) is 2. The highest BCUT2D eigenvalue weighted by atomic mass is 19.1. The van der Waals surface area contributed by atoms with E-state index in [4.69, 9.17) is 5.84 Å². The number of halogens is 2. The number of anilines is 2. The lowest BCUT2D eigenvalue weighted by Crippen LogP contribution is -2.16. The van der Waals surface area contributed by atoms with Crippen LogP contribution in [0.2, 0.25) is 0 Å². The van der Waals surface area contributed by atoms with Crippen molar-refractivity contribution >= 4 is 17.3 Å². The number of aryl methyl sites for hydroxylation is 2. The van der Waals surface area contributed by atoms with Crippen molar-refractivity contribution in [2.24, 2.45) is 5.84 Å². The lowest BCUT2D eigenvalue weighted by Gasteiger charge is -2.11. The molecule has 0 atom stereocenters. The third-order valence-corrected chi connectivity index (χ3v) is 3.09. The van der Waals surface area contributed by atoms with Crippen LogP contribution in [0.5, 0.6) is 0 Å². The van der Waals surface area contributed by atoms with E-state index in [9.17, 15) is 13.6 Å². The third kappa shape index (κ3) is 3.17. The summed E-state index contributed by atoms with van der Waals surface area (Å²) in [6.45, 7) is 3.72. The van der Waals surface area contributed by atoms with Gasteiger partial charge in [-0.3, -0.25) is 10.6 Å². The standard InChI is InChI=1S/C15H15F2N3O/c1-8-3-4-9(2)13(5-8)19-15(21)10-6-11(16)14(20-18)12(17)7-10/h3-7,20H,18H2,1-2H3,(H,19,21). The Bertz CT molecular complexity index is 678. The van der Waals surface area contributed by atoms with E-state index in [1.807, 2.05) is 31.4 Å². The summed E-state index contributed by atoms with van der Waals surface area (Å²) in [4.78, 5) is 12.1. The van der Waals surface area contributed by atoms with Gasteiger partial charge in [0.25, 0.3) is 5.91 Å². The first-order valence-corrected chi connectivity index (χ1v) is 6.26.